The number of carbonyl (C=O) groups excluding carboxylic acids is 1. The lowest BCUT2D eigenvalue weighted by molar-refractivity contribution is 0.0677. The van der Waals surface area contributed by atoms with Crippen LogP contribution in [0.3, 0.4) is 0 Å². The molecule has 1 unspecified atom stereocenters. The molecule has 0 radical (unpaired) electrons. The van der Waals surface area contributed by atoms with E-state index < -0.39 is 0 Å². The fourth-order valence-corrected chi connectivity index (χ4v) is 3.69. The Kier molecular flexibility index (Phi) is 4.22. The van der Waals surface area contributed by atoms with Gasteiger partial charge >= 0.3 is 0 Å². The molecule has 0 bridgehead atoms. The Morgan fingerprint density at radius 2 is 2.16 bits per heavy atom. The number of piperidine rings is 1. The Morgan fingerprint density at radius 3 is 3.04 bits per heavy atom. The third-order valence-corrected chi connectivity index (χ3v) is 4.98. The van der Waals surface area contributed by atoms with E-state index in [0.717, 1.165) is 49.1 Å². The smallest absolute Gasteiger partial charge is 0.255 e. The summed E-state index contributed by atoms with van der Waals surface area (Å²) in [6.07, 6.45) is 8.60. The minimum absolute atomic E-state index is 0.0705. The molecule has 0 N–H and O–H groups in total. The van der Waals surface area contributed by atoms with Crippen LogP contribution in [0.2, 0.25) is 0 Å². The van der Waals surface area contributed by atoms with Crippen LogP contribution in [0.15, 0.2) is 48.9 Å². The van der Waals surface area contributed by atoms with Gasteiger partial charge in [0.05, 0.1) is 17.1 Å². The molecular weight excluding hydrogens is 312 g/mol. The maximum absolute atomic E-state index is 13.0. The molecule has 1 atom stereocenters. The summed E-state index contributed by atoms with van der Waals surface area (Å²) < 4.78 is 2.23. The first-order chi connectivity index (χ1) is 12.3. The monoisotopic (exact) mass is 334 g/mol. The highest BCUT2D eigenvalue weighted by Crippen LogP contribution is 2.24. The molecule has 5 heteroatoms. The van der Waals surface area contributed by atoms with Crippen LogP contribution in [-0.4, -0.2) is 38.4 Å². The largest absolute Gasteiger partial charge is 0.337 e. The fraction of sp³-hybridized carbons (Fsp3) is 0.350. The summed E-state index contributed by atoms with van der Waals surface area (Å²) in [5.74, 6) is 1.16. The summed E-state index contributed by atoms with van der Waals surface area (Å²) >= 11 is 0. The van der Waals surface area contributed by atoms with Gasteiger partial charge in [0.25, 0.3) is 5.91 Å². The Labute approximate surface area is 147 Å². The lowest BCUT2D eigenvalue weighted by Crippen LogP contribution is -2.41. The van der Waals surface area contributed by atoms with Gasteiger partial charge in [0.2, 0.25) is 0 Å². The van der Waals surface area contributed by atoms with Gasteiger partial charge in [0, 0.05) is 43.5 Å². The zero-order valence-corrected chi connectivity index (χ0v) is 14.4. The van der Waals surface area contributed by atoms with Crippen molar-refractivity contribution in [3.63, 3.8) is 0 Å². The number of rotatable bonds is 3. The molecule has 0 aliphatic carbocycles. The standard InChI is InChI=1S/C20H22N4O/c1-2-19-21-9-11-24(19)17-7-5-10-23(14-17)20(25)16-12-15-6-3-4-8-18(15)22-13-16/h3-4,6,8-9,11-13,17H,2,5,7,10,14H2,1H3. The van der Waals surface area contributed by atoms with Crippen LogP contribution < -0.4 is 0 Å². The third-order valence-electron chi connectivity index (χ3n) is 4.98. The molecule has 4 rings (SSSR count). The summed E-state index contributed by atoms with van der Waals surface area (Å²) in [6, 6.07) is 10.2. The summed E-state index contributed by atoms with van der Waals surface area (Å²) in [7, 11) is 0. The van der Waals surface area contributed by atoms with Crippen LogP contribution in [0.5, 0.6) is 0 Å². The van der Waals surface area contributed by atoms with E-state index in [1.54, 1.807) is 6.20 Å². The second-order valence-corrected chi connectivity index (χ2v) is 6.57. The van der Waals surface area contributed by atoms with Crippen molar-refractivity contribution in [2.45, 2.75) is 32.2 Å². The van der Waals surface area contributed by atoms with Gasteiger partial charge in [-0.25, -0.2) is 4.98 Å². The van der Waals surface area contributed by atoms with Gasteiger partial charge < -0.3 is 9.47 Å². The van der Waals surface area contributed by atoms with Gasteiger partial charge in [-0.05, 0) is 25.0 Å². The number of amides is 1. The molecule has 3 aromatic rings. The minimum Gasteiger partial charge on any atom is -0.337 e. The molecule has 1 aliphatic heterocycles. The van der Waals surface area contributed by atoms with Crippen molar-refractivity contribution in [2.24, 2.45) is 0 Å². The van der Waals surface area contributed by atoms with E-state index in [2.05, 4.69) is 21.5 Å². The number of likely N-dealkylation sites (tertiary alicyclic amines) is 1. The van der Waals surface area contributed by atoms with Crippen molar-refractivity contribution in [3.05, 3.63) is 60.3 Å². The van der Waals surface area contributed by atoms with Crippen molar-refractivity contribution in [2.75, 3.05) is 13.1 Å². The highest BCUT2D eigenvalue weighted by Gasteiger charge is 2.26. The lowest BCUT2D eigenvalue weighted by atomic mass is 10.0. The number of para-hydroxylation sites is 1. The van der Waals surface area contributed by atoms with E-state index in [0.29, 0.717) is 11.6 Å². The molecule has 1 aromatic carbocycles. The van der Waals surface area contributed by atoms with Crippen LogP contribution >= 0.6 is 0 Å². The van der Waals surface area contributed by atoms with Crippen molar-refractivity contribution < 1.29 is 4.79 Å². The van der Waals surface area contributed by atoms with Crippen LogP contribution in [0.1, 0.15) is 42.0 Å². The van der Waals surface area contributed by atoms with Crippen molar-refractivity contribution in [1.29, 1.82) is 0 Å². The SMILES string of the molecule is CCc1nccn1C1CCCN(C(=O)c2cnc3ccccc3c2)C1. The number of imidazole rings is 1. The number of hydrogen-bond donors (Lipinski definition) is 0. The number of nitrogens with zero attached hydrogens (tertiary/aromatic N) is 4. The summed E-state index contributed by atoms with van der Waals surface area (Å²) in [6.45, 7) is 3.65. The molecule has 1 aliphatic rings. The molecule has 5 nitrogen and oxygen atoms in total. The Bertz CT molecular complexity index is 901. The van der Waals surface area contributed by atoms with E-state index in [1.165, 1.54) is 0 Å². The van der Waals surface area contributed by atoms with Crippen LogP contribution in [0.4, 0.5) is 0 Å². The number of pyridine rings is 1. The highest BCUT2D eigenvalue weighted by molar-refractivity contribution is 5.97. The summed E-state index contributed by atoms with van der Waals surface area (Å²) in [5.41, 5.74) is 1.59. The Balaban J connectivity index is 1.56. The topological polar surface area (TPSA) is 51.0 Å². The predicted molar refractivity (Wildman–Crippen MR) is 97.5 cm³/mol. The highest BCUT2D eigenvalue weighted by atomic mass is 16.2. The zero-order valence-electron chi connectivity index (χ0n) is 14.4. The molecule has 1 saturated heterocycles. The van der Waals surface area contributed by atoms with Gasteiger partial charge in [-0.15, -0.1) is 0 Å². The van der Waals surface area contributed by atoms with Gasteiger partial charge in [-0.1, -0.05) is 25.1 Å². The lowest BCUT2D eigenvalue weighted by Gasteiger charge is -2.34. The predicted octanol–water partition coefficient (Wildman–Crippen LogP) is 3.47. The van der Waals surface area contributed by atoms with Crippen LogP contribution in [-0.2, 0) is 6.42 Å². The van der Waals surface area contributed by atoms with E-state index in [9.17, 15) is 4.79 Å². The number of hydrogen-bond acceptors (Lipinski definition) is 3. The van der Waals surface area contributed by atoms with E-state index in [-0.39, 0.29) is 5.91 Å². The number of aromatic nitrogens is 3. The van der Waals surface area contributed by atoms with E-state index in [1.807, 2.05) is 47.6 Å². The molecule has 0 saturated carbocycles. The quantitative estimate of drug-likeness (QED) is 0.737. The average Bonchev–Trinajstić information content (AvgIpc) is 3.16. The van der Waals surface area contributed by atoms with Crippen LogP contribution in [0, 0.1) is 0 Å². The number of fused-ring (bicyclic) bond motifs is 1. The second kappa shape index (κ2) is 6.67. The first-order valence-electron chi connectivity index (χ1n) is 8.92. The first kappa shape index (κ1) is 15.8. The van der Waals surface area contributed by atoms with Crippen LogP contribution in [0.25, 0.3) is 10.9 Å². The molecule has 0 spiro atoms. The van der Waals surface area contributed by atoms with Crippen molar-refractivity contribution in [3.8, 4) is 0 Å². The molecule has 1 amide bonds. The Morgan fingerprint density at radius 1 is 1.28 bits per heavy atom. The summed E-state index contributed by atoms with van der Waals surface area (Å²) in [4.78, 5) is 23.8. The summed E-state index contributed by atoms with van der Waals surface area (Å²) in [5, 5.41) is 1.00. The van der Waals surface area contributed by atoms with Gasteiger partial charge in [0.15, 0.2) is 0 Å². The zero-order chi connectivity index (χ0) is 17.2. The molecule has 3 heterocycles. The van der Waals surface area contributed by atoms with Crippen molar-refractivity contribution >= 4 is 16.8 Å². The fourth-order valence-electron chi connectivity index (χ4n) is 3.69. The minimum atomic E-state index is 0.0705. The van der Waals surface area contributed by atoms with Gasteiger partial charge in [-0.3, -0.25) is 9.78 Å². The Hall–Kier alpha value is -2.69. The molecular formula is C20H22N4O. The number of aryl methyl sites for hydroxylation is 1. The molecule has 128 valence electrons. The molecule has 1 fully saturated rings. The maximum Gasteiger partial charge on any atom is 0.255 e. The van der Waals surface area contributed by atoms with Gasteiger partial charge in [0.1, 0.15) is 5.82 Å². The molecule has 25 heavy (non-hydrogen) atoms. The third kappa shape index (κ3) is 3.02. The maximum atomic E-state index is 13.0. The van der Waals surface area contributed by atoms with Crippen molar-refractivity contribution in [1.82, 2.24) is 19.4 Å². The number of carbonyl (C=O) groups is 1. The molecule has 2 aromatic heterocycles. The first-order valence-corrected chi connectivity index (χ1v) is 8.92. The van der Waals surface area contributed by atoms with E-state index >= 15 is 0 Å². The van der Waals surface area contributed by atoms with Gasteiger partial charge in [-0.2, -0.15) is 0 Å². The average molecular weight is 334 g/mol. The number of benzene rings is 1. The second-order valence-electron chi connectivity index (χ2n) is 6.57. The van der Waals surface area contributed by atoms with E-state index in [4.69, 9.17) is 0 Å². The normalized spacial score (nSPS) is 17.8.